The van der Waals surface area contributed by atoms with Gasteiger partial charge in [0.2, 0.25) is 5.91 Å². The Morgan fingerprint density at radius 3 is 0.959 bits per heavy atom. The van der Waals surface area contributed by atoms with Crippen molar-refractivity contribution in [3.05, 3.63) is 12.2 Å². The predicted octanol–water partition coefficient (Wildman–Crippen LogP) is 21.6. The van der Waals surface area contributed by atoms with Crippen molar-refractivity contribution in [2.45, 2.75) is 398 Å². The monoisotopic (exact) mass is 1040 g/mol. The molecule has 0 aliphatic carbocycles. The van der Waals surface area contributed by atoms with Gasteiger partial charge in [0.1, 0.15) is 0 Å². The SMILES string of the molecule is CCCCCCC/C=C\CCCCCCCC(=O)OCCCCCCCCCCCCCCCCCCCCCC(=O)NC(CO)C(O)CCCCCCCCCCCCCCCCCCCCCCCCCC. The number of carbonyl (C=O) groups excluding carboxylic acids is 2. The van der Waals surface area contributed by atoms with Gasteiger partial charge in [-0.25, -0.2) is 0 Å². The zero-order valence-electron chi connectivity index (χ0n) is 50.4. The first kappa shape index (κ1) is 72.6. The maximum atomic E-state index is 12.5. The van der Waals surface area contributed by atoms with Crippen LogP contribution in [-0.4, -0.2) is 47.4 Å². The summed E-state index contributed by atoms with van der Waals surface area (Å²) in [6, 6.07) is -0.545. The number of hydrogen-bond acceptors (Lipinski definition) is 5. The second-order valence-electron chi connectivity index (χ2n) is 23.5. The van der Waals surface area contributed by atoms with Gasteiger partial charge in [-0.2, -0.15) is 0 Å². The van der Waals surface area contributed by atoms with E-state index in [1.54, 1.807) is 0 Å². The molecule has 0 aromatic carbocycles. The summed E-state index contributed by atoms with van der Waals surface area (Å²) in [6.07, 6.45) is 78.1. The number of amides is 1. The van der Waals surface area contributed by atoms with Crippen LogP contribution in [0.5, 0.6) is 0 Å². The molecule has 2 unspecified atom stereocenters. The molecule has 0 radical (unpaired) electrons. The number of aliphatic hydroxyl groups excluding tert-OH is 2. The summed E-state index contributed by atoms with van der Waals surface area (Å²) in [7, 11) is 0. The minimum absolute atomic E-state index is 0.00182. The Bertz CT molecular complexity index is 1110. The van der Waals surface area contributed by atoms with Gasteiger partial charge in [0, 0.05) is 12.8 Å². The highest BCUT2D eigenvalue weighted by Crippen LogP contribution is 2.19. The Kier molecular flexibility index (Phi) is 62.9. The lowest BCUT2D eigenvalue weighted by molar-refractivity contribution is -0.143. The molecule has 0 bridgehead atoms. The Morgan fingerprint density at radius 2 is 0.635 bits per heavy atom. The van der Waals surface area contributed by atoms with Crippen LogP contribution in [-0.2, 0) is 14.3 Å². The Morgan fingerprint density at radius 1 is 0.365 bits per heavy atom. The van der Waals surface area contributed by atoms with Crippen molar-refractivity contribution in [3.63, 3.8) is 0 Å². The van der Waals surface area contributed by atoms with Crippen LogP contribution >= 0.6 is 0 Å². The van der Waals surface area contributed by atoms with E-state index in [9.17, 15) is 19.8 Å². The van der Waals surface area contributed by atoms with Crippen molar-refractivity contribution in [2.24, 2.45) is 0 Å². The Labute approximate surface area is 463 Å². The zero-order valence-corrected chi connectivity index (χ0v) is 50.4. The molecule has 6 heteroatoms. The van der Waals surface area contributed by atoms with E-state index >= 15 is 0 Å². The maximum absolute atomic E-state index is 12.5. The van der Waals surface area contributed by atoms with Gasteiger partial charge < -0.3 is 20.3 Å². The lowest BCUT2D eigenvalue weighted by atomic mass is 10.0. The molecule has 3 N–H and O–H groups in total. The largest absolute Gasteiger partial charge is 0.466 e. The Hall–Kier alpha value is -1.40. The molecule has 0 aliphatic rings. The van der Waals surface area contributed by atoms with Crippen molar-refractivity contribution in [1.82, 2.24) is 5.32 Å². The van der Waals surface area contributed by atoms with E-state index in [0.29, 0.717) is 25.9 Å². The first-order valence-corrected chi connectivity index (χ1v) is 33.9. The molecule has 0 aliphatic heterocycles. The van der Waals surface area contributed by atoms with Crippen molar-refractivity contribution in [3.8, 4) is 0 Å². The fourth-order valence-electron chi connectivity index (χ4n) is 10.9. The highest BCUT2D eigenvalue weighted by molar-refractivity contribution is 5.76. The first-order valence-electron chi connectivity index (χ1n) is 33.9. The fraction of sp³-hybridized carbons (Fsp3) is 0.941. The van der Waals surface area contributed by atoms with E-state index < -0.39 is 12.1 Å². The van der Waals surface area contributed by atoms with Crippen molar-refractivity contribution < 1.29 is 24.5 Å². The lowest BCUT2D eigenvalue weighted by Crippen LogP contribution is -2.45. The fourth-order valence-corrected chi connectivity index (χ4v) is 10.9. The van der Waals surface area contributed by atoms with E-state index in [1.165, 1.54) is 308 Å². The molecule has 0 rings (SSSR count). The third-order valence-electron chi connectivity index (χ3n) is 16.1. The number of allylic oxidation sites excluding steroid dienone is 2. The average molecular weight is 1040 g/mol. The molecular formula is C68H133NO5. The number of nitrogens with one attached hydrogen (secondary N) is 1. The summed E-state index contributed by atoms with van der Waals surface area (Å²) in [5.74, 6) is -0.0312. The number of rotatable bonds is 64. The van der Waals surface area contributed by atoms with Crippen LogP contribution in [0, 0.1) is 0 Å². The van der Waals surface area contributed by atoms with Crippen LogP contribution in [0.1, 0.15) is 386 Å². The van der Waals surface area contributed by atoms with Gasteiger partial charge in [-0.3, -0.25) is 9.59 Å². The van der Waals surface area contributed by atoms with Crippen LogP contribution in [0.2, 0.25) is 0 Å². The molecule has 0 aromatic heterocycles. The quantitative estimate of drug-likeness (QED) is 0.0320. The Balaban J connectivity index is 3.39. The molecule has 1 amide bonds. The van der Waals surface area contributed by atoms with E-state index in [0.717, 1.165) is 44.9 Å². The normalized spacial score (nSPS) is 12.5. The molecule has 6 nitrogen and oxygen atoms in total. The van der Waals surface area contributed by atoms with Gasteiger partial charge in [-0.15, -0.1) is 0 Å². The summed E-state index contributed by atoms with van der Waals surface area (Å²) < 4.78 is 5.48. The third-order valence-corrected chi connectivity index (χ3v) is 16.1. The van der Waals surface area contributed by atoms with E-state index in [1.807, 2.05) is 0 Å². The second-order valence-corrected chi connectivity index (χ2v) is 23.5. The number of carbonyl (C=O) groups is 2. The summed E-state index contributed by atoms with van der Waals surface area (Å²) in [4.78, 5) is 24.6. The van der Waals surface area contributed by atoms with E-state index in [2.05, 4.69) is 31.3 Å². The molecule has 74 heavy (non-hydrogen) atoms. The van der Waals surface area contributed by atoms with Crippen molar-refractivity contribution >= 4 is 11.9 Å². The van der Waals surface area contributed by atoms with Gasteiger partial charge in [0.05, 0.1) is 25.4 Å². The smallest absolute Gasteiger partial charge is 0.305 e. The van der Waals surface area contributed by atoms with Gasteiger partial charge in [-0.05, 0) is 51.4 Å². The predicted molar refractivity (Wildman–Crippen MR) is 324 cm³/mol. The minimum atomic E-state index is -0.667. The van der Waals surface area contributed by atoms with Crippen LogP contribution in [0.4, 0.5) is 0 Å². The second kappa shape index (κ2) is 64.1. The molecule has 0 aromatic rings. The van der Waals surface area contributed by atoms with Gasteiger partial charge >= 0.3 is 5.97 Å². The molecule has 0 saturated heterocycles. The van der Waals surface area contributed by atoms with E-state index in [4.69, 9.17) is 4.74 Å². The zero-order chi connectivity index (χ0) is 53.6. The molecule has 440 valence electrons. The van der Waals surface area contributed by atoms with Crippen molar-refractivity contribution in [2.75, 3.05) is 13.2 Å². The molecule has 0 fully saturated rings. The summed E-state index contributed by atoms with van der Waals surface area (Å²) >= 11 is 0. The molecule has 2 atom stereocenters. The number of ether oxygens (including phenoxy) is 1. The van der Waals surface area contributed by atoms with Crippen LogP contribution in [0.3, 0.4) is 0 Å². The standard InChI is InChI=1S/C68H133NO5/c1-3-5-7-9-11-13-15-17-19-20-21-22-23-24-25-27-30-33-36-40-44-48-52-56-60-66(71)65(64-70)69-67(72)61-57-53-49-45-41-37-34-31-28-26-29-32-35-39-43-47-51-55-59-63-74-68(73)62-58-54-50-46-42-38-18-16-14-12-10-8-6-4-2/h16,18,65-66,70-71H,3-15,17,19-64H2,1-2H3,(H,69,72)/b18-16-. The molecular weight excluding hydrogens is 911 g/mol. The molecule has 0 saturated carbocycles. The summed E-state index contributed by atoms with van der Waals surface area (Å²) in [5, 5.41) is 23.4. The topological polar surface area (TPSA) is 95.9 Å². The minimum Gasteiger partial charge on any atom is -0.466 e. The average Bonchev–Trinajstić information content (AvgIpc) is 3.40. The van der Waals surface area contributed by atoms with Gasteiger partial charge in [0.15, 0.2) is 0 Å². The number of unbranched alkanes of at least 4 members (excludes halogenated alkanes) is 51. The summed E-state index contributed by atoms with van der Waals surface area (Å²) in [5.41, 5.74) is 0. The lowest BCUT2D eigenvalue weighted by Gasteiger charge is -2.22. The van der Waals surface area contributed by atoms with Crippen molar-refractivity contribution in [1.29, 1.82) is 0 Å². The summed E-state index contributed by atoms with van der Waals surface area (Å²) in [6.45, 7) is 4.97. The molecule has 0 spiro atoms. The van der Waals surface area contributed by atoms with Gasteiger partial charge in [0.25, 0.3) is 0 Å². The highest BCUT2D eigenvalue weighted by Gasteiger charge is 2.20. The third kappa shape index (κ3) is 59.8. The van der Waals surface area contributed by atoms with E-state index in [-0.39, 0.29) is 18.5 Å². The van der Waals surface area contributed by atoms with Gasteiger partial charge in [-0.1, -0.05) is 334 Å². The highest BCUT2D eigenvalue weighted by atomic mass is 16.5. The van der Waals surface area contributed by atoms with Crippen LogP contribution < -0.4 is 5.32 Å². The number of esters is 1. The number of aliphatic hydroxyl groups is 2. The van der Waals surface area contributed by atoms with Crippen LogP contribution in [0.15, 0.2) is 12.2 Å². The van der Waals surface area contributed by atoms with Crippen LogP contribution in [0.25, 0.3) is 0 Å². The number of hydrogen-bond donors (Lipinski definition) is 3. The molecule has 0 heterocycles. The maximum Gasteiger partial charge on any atom is 0.305 e. The first-order chi connectivity index (χ1) is 36.5.